The van der Waals surface area contributed by atoms with Crippen LogP contribution in [-0.2, 0) is 9.59 Å². The number of carbonyl (C=O) groups is 4. The van der Waals surface area contributed by atoms with Gasteiger partial charge in [0.15, 0.2) is 0 Å². The van der Waals surface area contributed by atoms with Crippen LogP contribution in [0.3, 0.4) is 0 Å². The highest BCUT2D eigenvalue weighted by atomic mass is 16.5. The van der Waals surface area contributed by atoms with Crippen LogP contribution in [0.2, 0.25) is 0 Å². The lowest BCUT2D eigenvalue weighted by Crippen LogP contribution is -2.46. The van der Waals surface area contributed by atoms with Crippen molar-refractivity contribution in [3.05, 3.63) is 53.1 Å². The second-order valence-corrected chi connectivity index (χ2v) is 10.6. The van der Waals surface area contributed by atoms with Crippen molar-refractivity contribution in [2.75, 3.05) is 65.4 Å². The van der Waals surface area contributed by atoms with E-state index >= 15 is 0 Å². The molecule has 2 aromatic carbocycles. The molecule has 0 aliphatic carbocycles. The number of anilines is 1. The van der Waals surface area contributed by atoms with Crippen LogP contribution in [0.15, 0.2) is 36.4 Å². The van der Waals surface area contributed by atoms with Gasteiger partial charge in [0.1, 0.15) is 24.7 Å². The van der Waals surface area contributed by atoms with Crippen molar-refractivity contribution in [3.63, 3.8) is 0 Å². The van der Waals surface area contributed by atoms with Crippen molar-refractivity contribution in [3.8, 4) is 11.5 Å². The fraction of sp³-hybridized carbons (Fsp3) is 0.467. The molecule has 4 rings (SSSR count). The first-order valence-electron chi connectivity index (χ1n) is 13.9. The molecule has 2 heterocycles. The number of aryl methyl sites for hydroxylation is 1. The summed E-state index contributed by atoms with van der Waals surface area (Å²) in [6.45, 7) is 3.69. The molecule has 11 nitrogen and oxygen atoms in total. The van der Waals surface area contributed by atoms with Crippen LogP contribution in [0.1, 0.15) is 45.5 Å². The van der Waals surface area contributed by atoms with Crippen molar-refractivity contribution >= 4 is 29.3 Å². The maximum Gasteiger partial charge on any atom is 0.255 e. The Hall–Kier alpha value is -4.28. The van der Waals surface area contributed by atoms with Crippen molar-refractivity contribution in [2.45, 2.75) is 32.2 Å². The smallest absolute Gasteiger partial charge is 0.255 e. The molecule has 11 heteroatoms. The van der Waals surface area contributed by atoms with Crippen LogP contribution in [0.4, 0.5) is 5.69 Å². The normalized spacial score (nSPS) is 18.3. The van der Waals surface area contributed by atoms with Crippen LogP contribution in [0, 0.1) is 6.92 Å². The minimum Gasteiger partial charge on any atom is -0.491 e. The number of amides is 4. The average Bonchev–Trinajstić information content (AvgIpc) is 2.95. The Morgan fingerprint density at radius 3 is 2.56 bits per heavy atom. The molecule has 0 saturated heterocycles. The van der Waals surface area contributed by atoms with Crippen molar-refractivity contribution in [2.24, 2.45) is 0 Å². The number of benzene rings is 2. The second-order valence-electron chi connectivity index (χ2n) is 10.6. The molecule has 0 radical (unpaired) electrons. The molecule has 220 valence electrons. The number of hydrogen-bond acceptors (Lipinski definition) is 7. The fourth-order valence-electron chi connectivity index (χ4n) is 4.91. The summed E-state index contributed by atoms with van der Waals surface area (Å²) < 4.78 is 11.7. The summed E-state index contributed by atoms with van der Waals surface area (Å²) in [4.78, 5) is 56.6. The molecule has 0 aromatic heterocycles. The van der Waals surface area contributed by atoms with E-state index in [4.69, 9.17) is 9.47 Å². The number of nitrogens with zero attached hydrogens (tertiary/aromatic N) is 3. The maximum absolute atomic E-state index is 13.5. The summed E-state index contributed by atoms with van der Waals surface area (Å²) in [7, 11) is 5.29. The molecule has 2 aliphatic rings. The fourth-order valence-corrected chi connectivity index (χ4v) is 4.91. The first-order chi connectivity index (χ1) is 19.6. The van der Waals surface area contributed by atoms with E-state index in [9.17, 15) is 19.2 Å². The molecule has 0 saturated carbocycles. The molecule has 2 aromatic rings. The van der Waals surface area contributed by atoms with E-state index < -0.39 is 0 Å². The van der Waals surface area contributed by atoms with Gasteiger partial charge >= 0.3 is 0 Å². The first-order valence-corrected chi connectivity index (χ1v) is 13.9. The van der Waals surface area contributed by atoms with E-state index in [2.05, 4.69) is 10.6 Å². The minimum absolute atomic E-state index is 0.104. The number of ether oxygens (including phenoxy) is 2. The quantitative estimate of drug-likeness (QED) is 0.583. The topological polar surface area (TPSA) is 121 Å². The van der Waals surface area contributed by atoms with Crippen LogP contribution in [0.5, 0.6) is 11.5 Å². The number of likely N-dealkylation sites (N-methyl/N-ethyl adjacent to an activating group) is 1. The maximum atomic E-state index is 13.5. The largest absolute Gasteiger partial charge is 0.491 e. The van der Waals surface area contributed by atoms with Gasteiger partial charge in [-0.1, -0.05) is 11.6 Å². The minimum atomic E-state index is -0.282. The highest BCUT2D eigenvalue weighted by Gasteiger charge is 2.29. The Kier molecular flexibility index (Phi) is 9.69. The molecular formula is C30H39N5O6. The Balaban J connectivity index is 1.46. The van der Waals surface area contributed by atoms with E-state index in [1.165, 1.54) is 4.90 Å². The lowest BCUT2D eigenvalue weighted by molar-refractivity contribution is -0.132. The molecule has 41 heavy (non-hydrogen) atoms. The van der Waals surface area contributed by atoms with E-state index in [0.717, 1.165) is 11.3 Å². The summed E-state index contributed by atoms with van der Waals surface area (Å²) in [6.07, 6.45) is 0.938. The predicted molar refractivity (Wildman–Crippen MR) is 155 cm³/mol. The van der Waals surface area contributed by atoms with E-state index in [1.54, 1.807) is 49.3 Å². The van der Waals surface area contributed by atoms with E-state index in [0.29, 0.717) is 55.3 Å². The first kappa shape index (κ1) is 29.7. The zero-order valence-corrected chi connectivity index (χ0v) is 24.2. The van der Waals surface area contributed by atoms with Crippen LogP contribution in [0.25, 0.3) is 0 Å². The zero-order chi connectivity index (χ0) is 29.5. The highest BCUT2D eigenvalue weighted by molar-refractivity contribution is 5.97. The molecule has 0 spiro atoms. The second kappa shape index (κ2) is 13.4. The third-order valence-corrected chi connectivity index (χ3v) is 7.29. The summed E-state index contributed by atoms with van der Waals surface area (Å²) in [6, 6.07) is 10.4. The van der Waals surface area contributed by atoms with Gasteiger partial charge < -0.3 is 34.8 Å². The number of rotatable bonds is 3. The van der Waals surface area contributed by atoms with Gasteiger partial charge in [0.05, 0.1) is 30.3 Å². The van der Waals surface area contributed by atoms with Crippen molar-refractivity contribution < 1.29 is 28.7 Å². The van der Waals surface area contributed by atoms with Crippen molar-refractivity contribution in [1.82, 2.24) is 20.4 Å². The van der Waals surface area contributed by atoms with Crippen molar-refractivity contribution in [1.29, 1.82) is 0 Å². The number of nitrogens with one attached hydrogen (secondary N) is 2. The Morgan fingerprint density at radius 2 is 1.78 bits per heavy atom. The van der Waals surface area contributed by atoms with E-state index in [1.807, 2.05) is 24.9 Å². The summed E-state index contributed by atoms with van der Waals surface area (Å²) in [5, 5.41) is 5.75. The van der Waals surface area contributed by atoms with E-state index in [-0.39, 0.29) is 55.7 Å². The van der Waals surface area contributed by atoms with Gasteiger partial charge in [-0.25, -0.2) is 0 Å². The van der Waals surface area contributed by atoms with Gasteiger partial charge in [-0.05, 0) is 43.7 Å². The Labute approximate surface area is 240 Å². The lowest BCUT2D eigenvalue weighted by atomic mass is 10.1. The summed E-state index contributed by atoms with van der Waals surface area (Å²) in [5.74, 6) is 0.490. The molecule has 0 bridgehead atoms. The van der Waals surface area contributed by atoms with Crippen LogP contribution in [-0.4, -0.2) is 100 Å². The van der Waals surface area contributed by atoms with Gasteiger partial charge in [0.25, 0.3) is 11.8 Å². The van der Waals surface area contributed by atoms with Gasteiger partial charge in [-0.3, -0.25) is 19.2 Å². The molecule has 0 fully saturated rings. The zero-order valence-electron chi connectivity index (χ0n) is 24.2. The van der Waals surface area contributed by atoms with Crippen LogP contribution < -0.4 is 25.0 Å². The summed E-state index contributed by atoms with van der Waals surface area (Å²) >= 11 is 0. The molecule has 4 amide bonds. The molecule has 1 atom stereocenters. The highest BCUT2D eigenvalue weighted by Crippen LogP contribution is 2.35. The average molecular weight is 566 g/mol. The molecule has 2 N–H and O–H groups in total. The van der Waals surface area contributed by atoms with Gasteiger partial charge in [-0.2, -0.15) is 0 Å². The van der Waals surface area contributed by atoms with Gasteiger partial charge in [-0.15, -0.1) is 0 Å². The summed E-state index contributed by atoms with van der Waals surface area (Å²) in [5.41, 5.74) is 2.62. The number of hydrogen-bond donors (Lipinski definition) is 2. The molecule has 2 aliphatic heterocycles. The third kappa shape index (κ3) is 7.47. The third-order valence-electron chi connectivity index (χ3n) is 7.29. The monoisotopic (exact) mass is 565 g/mol. The number of carbonyl (C=O) groups excluding carboxylic acids is 4. The predicted octanol–water partition coefficient (Wildman–Crippen LogP) is 1.83. The van der Waals surface area contributed by atoms with Gasteiger partial charge in [0, 0.05) is 52.8 Å². The molecular weight excluding hydrogens is 526 g/mol. The standard InChI is InChI=1S/C30H39N5O6/c1-20-7-9-25-23(16-20)29(38)32-11-14-35(13-5-6-27(36)31-12-15-40-25)28(37)18-22-19-41-26-10-8-21(30(39)33(2)3)17-24(26)34(22)4/h7-10,16-17,22H,5-6,11-15,18-19H2,1-4H3,(H,31,36)(H,32,38). The van der Waals surface area contributed by atoms with Gasteiger partial charge in [0.2, 0.25) is 11.8 Å². The Bertz CT molecular complexity index is 1300. The molecule has 1 unspecified atom stereocenters. The van der Waals surface area contributed by atoms with Crippen LogP contribution >= 0.6 is 0 Å². The SMILES string of the molecule is Cc1ccc2c(c1)C(=O)NCCN(C(=O)CC1COc3ccc(C(=O)N(C)C)cc3N1C)CCCC(=O)NCCO2. The lowest BCUT2D eigenvalue weighted by Gasteiger charge is -2.37. The number of fused-ring (bicyclic) bond motifs is 2. The Morgan fingerprint density at radius 1 is 1.00 bits per heavy atom.